The molecule has 0 aliphatic heterocycles. The van der Waals surface area contributed by atoms with Gasteiger partial charge in [-0.1, -0.05) is 69.0 Å². The van der Waals surface area contributed by atoms with Gasteiger partial charge in [0.1, 0.15) is 0 Å². The van der Waals surface area contributed by atoms with Crippen molar-refractivity contribution < 1.29 is 4.79 Å². The Bertz CT molecular complexity index is 384. The summed E-state index contributed by atoms with van der Waals surface area (Å²) in [6.07, 6.45) is 12.7. The molecule has 2 nitrogen and oxygen atoms in total. The molecular formula is C18H27NO. The molecule has 0 aliphatic carbocycles. The molecule has 1 amide bonds. The van der Waals surface area contributed by atoms with Gasteiger partial charge in [0.05, 0.1) is 0 Å². The Morgan fingerprint density at radius 1 is 1.10 bits per heavy atom. The van der Waals surface area contributed by atoms with Gasteiger partial charge in [0.25, 0.3) is 0 Å². The third-order valence-corrected chi connectivity index (χ3v) is 3.32. The van der Waals surface area contributed by atoms with Crippen LogP contribution in [0.3, 0.4) is 0 Å². The maximum Gasteiger partial charge on any atom is 0.224 e. The zero-order valence-corrected chi connectivity index (χ0v) is 12.6. The maximum atomic E-state index is 11.6. The predicted octanol–water partition coefficient (Wildman–Crippen LogP) is 4.61. The minimum absolute atomic E-state index is 0.0936. The van der Waals surface area contributed by atoms with Gasteiger partial charge in [-0.15, -0.1) is 0 Å². The van der Waals surface area contributed by atoms with Crippen LogP contribution >= 0.6 is 0 Å². The minimum atomic E-state index is 0.0936. The molecule has 0 unspecified atom stereocenters. The smallest absolute Gasteiger partial charge is 0.224 e. The summed E-state index contributed by atoms with van der Waals surface area (Å²) < 4.78 is 0. The number of rotatable bonds is 10. The number of hydrogen-bond donors (Lipinski definition) is 1. The lowest BCUT2D eigenvalue weighted by molar-refractivity contribution is -0.120. The first kappa shape index (κ1) is 16.5. The molecule has 0 saturated carbocycles. The minimum Gasteiger partial charge on any atom is -0.333 e. The predicted molar refractivity (Wildman–Crippen MR) is 85.4 cm³/mol. The van der Waals surface area contributed by atoms with E-state index in [9.17, 15) is 4.79 Å². The molecule has 0 fully saturated rings. The third-order valence-electron chi connectivity index (χ3n) is 3.32. The highest BCUT2D eigenvalue weighted by molar-refractivity contribution is 5.77. The first-order chi connectivity index (χ1) is 9.83. The van der Waals surface area contributed by atoms with Gasteiger partial charge in [-0.2, -0.15) is 0 Å². The van der Waals surface area contributed by atoms with E-state index in [1.165, 1.54) is 37.7 Å². The van der Waals surface area contributed by atoms with Crippen LogP contribution in [0, 0.1) is 0 Å². The number of unbranched alkanes of at least 4 members (excludes halogenated alkanes) is 5. The van der Waals surface area contributed by atoms with E-state index in [0.717, 1.165) is 12.8 Å². The van der Waals surface area contributed by atoms with Crippen LogP contribution in [0.5, 0.6) is 0 Å². The van der Waals surface area contributed by atoms with Crippen LogP contribution in [-0.2, 0) is 11.2 Å². The van der Waals surface area contributed by atoms with Crippen molar-refractivity contribution >= 4 is 5.91 Å². The van der Waals surface area contributed by atoms with E-state index in [2.05, 4.69) is 30.4 Å². The Kier molecular flexibility index (Phi) is 9.29. The summed E-state index contributed by atoms with van der Waals surface area (Å²) in [5.74, 6) is 0.0936. The molecule has 0 aliphatic rings. The molecular weight excluding hydrogens is 246 g/mol. The van der Waals surface area contributed by atoms with Crippen LogP contribution < -0.4 is 5.32 Å². The lowest BCUT2D eigenvalue weighted by Gasteiger charge is -2.01. The topological polar surface area (TPSA) is 29.1 Å². The number of nitrogens with one attached hydrogen (secondary N) is 1. The van der Waals surface area contributed by atoms with E-state index in [4.69, 9.17) is 0 Å². The number of carbonyl (C=O) groups excluding carboxylic acids is 1. The summed E-state index contributed by atoms with van der Waals surface area (Å²) in [6.45, 7) is 2.23. The van der Waals surface area contributed by atoms with Crippen molar-refractivity contribution in [3.05, 3.63) is 48.2 Å². The first-order valence-electron chi connectivity index (χ1n) is 7.81. The molecule has 0 atom stereocenters. The molecule has 0 saturated heterocycles. The van der Waals surface area contributed by atoms with E-state index in [1.54, 1.807) is 6.20 Å². The SMILES string of the molecule is CCCCCCC/C=C/NC(=O)CCc1ccccc1. The van der Waals surface area contributed by atoms with Crippen LogP contribution in [0.15, 0.2) is 42.6 Å². The number of aryl methyl sites for hydroxylation is 1. The lowest BCUT2D eigenvalue weighted by Crippen LogP contribution is -2.17. The Labute approximate surface area is 123 Å². The van der Waals surface area contributed by atoms with Crippen molar-refractivity contribution in [2.75, 3.05) is 0 Å². The lowest BCUT2D eigenvalue weighted by atomic mass is 10.1. The molecule has 0 spiro atoms. The van der Waals surface area contributed by atoms with Crippen molar-refractivity contribution in [3.8, 4) is 0 Å². The monoisotopic (exact) mass is 273 g/mol. The van der Waals surface area contributed by atoms with Gasteiger partial charge < -0.3 is 5.32 Å². The zero-order valence-electron chi connectivity index (χ0n) is 12.6. The maximum absolute atomic E-state index is 11.6. The molecule has 110 valence electrons. The van der Waals surface area contributed by atoms with Gasteiger partial charge >= 0.3 is 0 Å². The molecule has 1 aromatic rings. The van der Waals surface area contributed by atoms with E-state index in [0.29, 0.717) is 6.42 Å². The van der Waals surface area contributed by atoms with Crippen LogP contribution in [0.2, 0.25) is 0 Å². The number of benzene rings is 1. The molecule has 0 heterocycles. The largest absolute Gasteiger partial charge is 0.333 e. The second-order valence-electron chi connectivity index (χ2n) is 5.16. The van der Waals surface area contributed by atoms with Gasteiger partial charge in [0.15, 0.2) is 0 Å². The standard InChI is InChI=1S/C18H27NO/c1-2-3-4-5-6-7-11-16-19-18(20)15-14-17-12-9-8-10-13-17/h8-13,16H,2-7,14-15H2,1H3,(H,19,20)/b16-11+. The molecule has 1 aromatic carbocycles. The zero-order chi connectivity index (χ0) is 14.5. The summed E-state index contributed by atoms with van der Waals surface area (Å²) in [7, 11) is 0. The van der Waals surface area contributed by atoms with Gasteiger partial charge in [0, 0.05) is 6.42 Å². The second-order valence-corrected chi connectivity index (χ2v) is 5.16. The van der Waals surface area contributed by atoms with Gasteiger partial charge in [0.2, 0.25) is 5.91 Å². The van der Waals surface area contributed by atoms with Gasteiger partial charge in [-0.05, 0) is 31.0 Å². The van der Waals surface area contributed by atoms with Crippen molar-refractivity contribution in [3.63, 3.8) is 0 Å². The van der Waals surface area contributed by atoms with Crippen molar-refractivity contribution in [1.82, 2.24) is 5.32 Å². The fourth-order valence-electron chi connectivity index (χ4n) is 2.08. The van der Waals surface area contributed by atoms with Crippen LogP contribution in [0.1, 0.15) is 57.4 Å². The van der Waals surface area contributed by atoms with E-state index in [-0.39, 0.29) is 5.91 Å². The molecule has 2 heteroatoms. The Morgan fingerprint density at radius 3 is 2.60 bits per heavy atom. The van der Waals surface area contributed by atoms with Crippen molar-refractivity contribution in [2.24, 2.45) is 0 Å². The number of hydrogen-bond acceptors (Lipinski definition) is 1. The molecule has 1 rings (SSSR count). The fraction of sp³-hybridized carbons (Fsp3) is 0.500. The average Bonchev–Trinajstić information content (AvgIpc) is 2.49. The summed E-state index contributed by atoms with van der Waals surface area (Å²) in [4.78, 5) is 11.6. The summed E-state index contributed by atoms with van der Waals surface area (Å²) in [6, 6.07) is 10.1. The van der Waals surface area contributed by atoms with E-state index in [1.807, 2.05) is 18.2 Å². The Morgan fingerprint density at radius 2 is 1.85 bits per heavy atom. The fourth-order valence-corrected chi connectivity index (χ4v) is 2.08. The average molecular weight is 273 g/mol. The van der Waals surface area contributed by atoms with E-state index >= 15 is 0 Å². The molecule has 1 N–H and O–H groups in total. The van der Waals surface area contributed by atoms with Gasteiger partial charge in [-0.3, -0.25) is 4.79 Å². The quantitative estimate of drug-likeness (QED) is 0.620. The van der Waals surface area contributed by atoms with Crippen molar-refractivity contribution in [2.45, 2.75) is 58.3 Å². The highest BCUT2D eigenvalue weighted by Gasteiger charge is 1.99. The molecule has 0 radical (unpaired) electrons. The molecule has 0 bridgehead atoms. The van der Waals surface area contributed by atoms with Crippen molar-refractivity contribution in [1.29, 1.82) is 0 Å². The van der Waals surface area contributed by atoms with Crippen LogP contribution in [-0.4, -0.2) is 5.91 Å². The highest BCUT2D eigenvalue weighted by Crippen LogP contribution is 2.05. The van der Waals surface area contributed by atoms with Crippen LogP contribution in [0.25, 0.3) is 0 Å². The Hall–Kier alpha value is -1.57. The summed E-state index contributed by atoms with van der Waals surface area (Å²) in [5, 5.41) is 2.84. The number of carbonyl (C=O) groups is 1. The van der Waals surface area contributed by atoms with Gasteiger partial charge in [-0.25, -0.2) is 0 Å². The summed E-state index contributed by atoms with van der Waals surface area (Å²) in [5.41, 5.74) is 1.21. The number of allylic oxidation sites excluding steroid dienone is 1. The van der Waals surface area contributed by atoms with E-state index < -0.39 is 0 Å². The second kappa shape index (κ2) is 11.3. The van der Waals surface area contributed by atoms with Crippen LogP contribution in [0.4, 0.5) is 0 Å². The highest BCUT2D eigenvalue weighted by atomic mass is 16.1. The third kappa shape index (κ3) is 8.52. The Balaban J connectivity index is 2.02. The summed E-state index contributed by atoms with van der Waals surface area (Å²) >= 11 is 0. The number of amides is 1. The molecule has 20 heavy (non-hydrogen) atoms. The first-order valence-corrected chi connectivity index (χ1v) is 7.81. The normalized spacial score (nSPS) is 10.8. The molecule has 0 aromatic heterocycles.